The first-order valence-corrected chi connectivity index (χ1v) is 8.18. The van der Waals surface area contributed by atoms with Crippen molar-refractivity contribution in [3.8, 4) is 23.3 Å². The number of rotatable bonds is 7. The molecular weight excluding hydrogens is 408 g/mol. The van der Waals surface area contributed by atoms with Crippen LogP contribution in [0.2, 0.25) is 0 Å². The van der Waals surface area contributed by atoms with E-state index in [1.165, 1.54) is 36.4 Å². The lowest BCUT2D eigenvalue weighted by atomic mass is 10.2. The van der Waals surface area contributed by atoms with Crippen molar-refractivity contribution in [2.24, 2.45) is 0 Å². The first-order valence-electron chi connectivity index (χ1n) is 7.39. The fourth-order valence-electron chi connectivity index (χ4n) is 1.94. The molecule has 0 aliphatic heterocycles. The van der Waals surface area contributed by atoms with Gasteiger partial charge in [-0.3, -0.25) is 10.1 Å². The maximum atomic E-state index is 12.0. The molecule has 0 bridgehead atoms. The fourth-order valence-corrected chi connectivity index (χ4v) is 2.47. The number of nitro groups is 1. The Balaban J connectivity index is 2.05. The van der Waals surface area contributed by atoms with E-state index in [0.29, 0.717) is 16.6 Å². The van der Waals surface area contributed by atoms with E-state index in [-0.39, 0.29) is 22.9 Å². The summed E-state index contributed by atoms with van der Waals surface area (Å²) >= 11 is 3.24. The van der Waals surface area contributed by atoms with Crippen molar-refractivity contribution < 1.29 is 23.9 Å². The number of non-ortho nitro benzene ring substituents is 1. The predicted molar refractivity (Wildman–Crippen MR) is 94.3 cm³/mol. The van der Waals surface area contributed by atoms with Crippen molar-refractivity contribution in [1.82, 2.24) is 0 Å². The van der Waals surface area contributed by atoms with Crippen LogP contribution < -0.4 is 14.2 Å². The first kappa shape index (κ1) is 19.2. The van der Waals surface area contributed by atoms with Gasteiger partial charge in [-0.05, 0) is 41.1 Å². The lowest BCUT2D eigenvalue weighted by Gasteiger charge is -2.13. The highest BCUT2D eigenvalue weighted by atomic mass is 79.9. The van der Waals surface area contributed by atoms with Crippen LogP contribution in [0.3, 0.4) is 0 Å². The Kier molecular flexibility index (Phi) is 6.52. The summed E-state index contributed by atoms with van der Waals surface area (Å²) in [5.41, 5.74) is 0.269. The van der Waals surface area contributed by atoms with Crippen molar-refractivity contribution in [2.75, 3.05) is 13.2 Å². The molecule has 0 atom stereocenters. The molecule has 0 spiro atoms. The van der Waals surface area contributed by atoms with Gasteiger partial charge in [-0.2, -0.15) is 5.26 Å². The fraction of sp³-hybridized carbons (Fsp3) is 0.176. The third-order valence-corrected chi connectivity index (χ3v) is 3.65. The zero-order valence-electron chi connectivity index (χ0n) is 13.6. The number of halogens is 1. The molecule has 9 heteroatoms. The van der Waals surface area contributed by atoms with Crippen LogP contribution in [0.15, 0.2) is 40.9 Å². The van der Waals surface area contributed by atoms with Crippen LogP contribution in [-0.4, -0.2) is 24.1 Å². The van der Waals surface area contributed by atoms with E-state index in [4.69, 9.17) is 19.5 Å². The van der Waals surface area contributed by atoms with Crippen LogP contribution in [-0.2, 0) is 4.79 Å². The van der Waals surface area contributed by atoms with E-state index >= 15 is 0 Å². The summed E-state index contributed by atoms with van der Waals surface area (Å²) in [5, 5.41) is 19.6. The summed E-state index contributed by atoms with van der Waals surface area (Å²) < 4.78 is 16.3. The number of hydrogen-bond donors (Lipinski definition) is 0. The average molecular weight is 421 g/mol. The molecule has 2 rings (SSSR count). The van der Waals surface area contributed by atoms with Crippen molar-refractivity contribution in [2.45, 2.75) is 6.92 Å². The van der Waals surface area contributed by atoms with E-state index in [0.717, 1.165) is 0 Å². The molecule has 0 fully saturated rings. The van der Waals surface area contributed by atoms with Crippen LogP contribution >= 0.6 is 15.9 Å². The molecule has 26 heavy (non-hydrogen) atoms. The molecule has 0 aromatic heterocycles. The van der Waals surface area contributed by atoms with Gasteiger partial charge in [0.25, 0.3) is 5.69 Å². The second kappa shape index (κ2) is 8.82. The summed E-state index contributed by atoms with van der Waals surface area (Å²) in [5.74, 6) is -0.0172. The van der Waals surface area contributed by atoms with Crippen LogP contribution in [0.25, 0.3) is 0 Å². The molecule has 0 aliphatic carbocycles. The normalized spacial score (nSPS) is 9.88. The number of ether oxygens (including phenoxy) is 3. The molecule has 2 aromatic rings. The number of hydrogen-bond acceptors (Lipinski definition) is 7. The predicted octanol–water partition coefficient (Wildman–Crippen LogP) is 3.61. The first-order chi connectivity index (χ1) is 12.4. The maximum absolute atomic E-state index is 12.0. The Labute approximate surface area is 157 Å². The van der Waals surface area contributed by atoms with Gasteiger partial charge in [0, 0.05) is 18.2 Å². The Morgan fingerprint density at radius 2 is 1.96 bits per heavy atom. The summed E-state index contributed by atoms with van der Waals surface area (Å²) in [7, 11) is 0. The molecule has 0 radical (unpaired) electrons. The SMILES string of the molecule is CCOc1cc(C#N)cc(Br)c1OC(=O)COc1ccc([N+](=O)[O-])cc1. The largest absolute Gasteiger partial charge is 0.490 e. The van der Waals surface area contributed by atoms with Crippen molar-refractivity contribution in [1.29, 1.82) is 5.26 Å². The zero-order valence-corrected chi connectivity index (χ0v) is 15.2. The number of esters is 1. The van der Waals surface area contributed by atoms with E-state index in [2.05, 4.69) is 15.9 Å². The second-order valence-corrected chi connectivity index (χ2v) is 5.70. The molecule has 0 amide bonds. The molecule has 0 unspecified atom stereocenters. The lowest BCUT2D eigenvalue weighted by molar-refractivity contribution is -0.384. The van der Waals surface area contributed by atoms with Gasteiger partial charge in [0.2, 0.25) is 0 Å². The summed E-state index contributed by atoms with van der Waals surface area (Å²) in [4.78, 5) is 22.1. The number of benzene rings is 2. The van der Waals surface area contributed by atoms with Gasteiger partial charge >= 0.3 is 5.97 Å². The van der Waals surface area contributed by atoms with Gasteiger partial charge in [-0.25, -0.2) is 4.79 Å². The molecular formula is C17H13BrN2O6. The number of carbonyl (C=O) groups is 1. The Bertz CT molecular complexity index is 861. The van der Waals surface area contributed by atoms with Gasteiger partial charge in [-0.15, -0.1) is 0 Å². The number of carbonyl (C=O) groups excluding carboxylic acids is 1. The summed E-state index contributed by atoms with van der Waals surface area (Å²) in [6.07, 6.45) is 0. The minimum absolute atomic E-state index is 0.0807. The topological polar surface area (TPSA) is 112 Å². The molecule has 2 aromatic carbocycles. The molecule has 0 saturated carbocycles. The van der Waals surface area contributed by atoms with Gasteiger partial charge in [0.15, 0.2) is 18.1 Å². The van der Waals surface area contributed by atoms with Gasteiger partial charge < -0.3 is 14.2 Å². The Morgan fingerprint density at radius 1 is 1.27 bits per heavy atom. The minimum Gasteiger partial charge on any atom is -0.490 e. The number of nitrogens with zero attached hydrogens (tertiary/aromatic N) is 2. The van der Waals surface area contributed by atoms with Crippen LogP contribution in [0.1, 0.15) is 12.5 Å². The van der Waals surface area contributed by atoms with Gasteiger partial charge in [0.05, 0.1) is 27.6 Å². The third-order valence-electron chi connectivity index (χ3n) is 3.06. The van der Waals surface area contributed by atoms with Crippen LogP contribution in [0, 0.1) is 21.4 Å². The van der Waals surface area contributed by atoms with Crippen molar-refractivity contribution in [3.63, 3.8) is 0 Å². The Morgan fingerprint density at radius 3 is 2.54 bits per heavy atom. The highest BCUT2D eigenvalue weighted by Gasteiger charge is 2.17. The summed E-state index contributed by atoms with van der Waals surface area (Å²) in [6, 6.07) is 10.3. The standard InChI is InChI=1S/C17H13BrN2O6/c1-2-24-15-8-11(9-19)7-14(18)17(15)26-16(21)10-25-13-5-3-12(4-6-13)20(22)23/h3-8H,2,10H2,1H3. The molecule has 0 aliphatic rings. The average Bonchev–Trinajstić information content (AvgIpc) is 2.63. The Hall–Kier alpha value is -3.12. The van der Waals surface area contributed by atoms with E-state index in [1.807, 2.05) is 6.07 Å². The van der Waals surface area contributed by atoms with Crippen molar-refractivity contribution >= 4 is 27.6 Å². The smallest absolute Gasteiger partial charge is 0.349 e. The van der Waals surface area contributed by atoms with Gasteiger partial charge in [-0.1, -0.05) is 0 Å². The molecule has 8 nitrogen and oxygen atoms in total. The molecule has 0 saturated heterocycles. The van der Waals surface area contributed by atoms with Crippen LogP contribution in [0.4, 0.5) is 5.69 Å². The van der Waals surface area contributed by atoms with E-state index in [1.54, 1.807) is 6.92 Å². The zero-order chi connectivity index (χ0) is 19.1. The minimum atomic E-state index is -0.699. The van der Waals surface area contributed by atoms with Gasteiger partial charge in [0.1, 0.15) is 5.75 Å². The van der Waals surface area contributed by atoms with Crippen LogP contribution in [0.5, 0.6) is 17.2 Å². The second-order valence-electron chi connectivity index (χ2n) is 4.84. The molecule has 0 N–H and O–H groups in total. The number of nitriles is 1. The number of nitro benzene ring substituents is 1. The van der Waals surface area contributed by atoms with E-state index < -0.39 is 17.5 Å². The maximum Gasteiger partial charge on any atom is 0.349 e. The monoisotopic (exact) mass is 420 g/mol. The highest BCUT2D eigenvalue weighted by molar-refractivity contribution is 9.10. The lowest BCUT2D eigenvalue weighted by Crippen LogP contribution is -2.18. The van der Waals surface area contributed by atoms with E-state index in [9.17, 15) is 14.9 Å². The van der Waals surface area contributed by atoms with Crippen molar-refractivity contribution in [3.05, 3.63) is 56.5 Å². The summed E-state index contributed by atoms with van der Waals surface area (Å²) in [6.45, 7) is 1.68. The molecule has 0 heterocycles. The third kappa shape index (κ3) is 4.94. The quantitative estimate of drug-likeness (QED) is 0.291. The highest BCUT2D eigenvalue weighted by Crippen LogP contribution is 2.37. The molecule has 134 valence electrons.